The molecule has 0 aromatic heterocycles. The van der Waals surface area contributed by atoms with Crippen LogP contribution >= 0.6 is 0 Å². The van der Waals surface area contributed by atoms with Crippen LogP contribution in [0.15, 0.2) is 23.0 Å². The number of aromatic hydroxyl groups is 1. The second-order valence-electron chi connectivity index (χ2n) is 11.1. The number of likely N-dealkylation sites (N-methyl/N-ethyl adjacent to an activating group) is 1. The molecular formula is C28H38N4O8. The lowest BCUT2D eigenvalue weighted by Crippen LogP contribution is -2.65. The summed E-state index contributed by atoms with van der Waals surface area (Å²) in [4.78, 5) is 44.7. The molecule has 0 bridgehead atoms. The van der Waals surface area contributed by atoms with Gasteiger partial charge in [0, 0.05) is 44.4 Å². The number of hydrogen-bond donors (Lipinski definition) is 5. The maximum absolute atomic E-state index is 14.0. The molecule has 6 N–H and O–H groups in total. The van der Waals surface area contributed by atoms with E-state index in [2.05, 4.69) is 0 Å². The number of amides is 1. The van der Waals surface area contributed by atoms with Crippen LogP contribution in [0.25, 0.3) is 5.76 Å². The Hall–Kier alpha value is -3.61. The number of fused-ring (bicyclic) bond motifs is 3. The van der Waals surface area contributed by atoms with Crippen molar-refractivity contribution in [3.8, 4) is 5.75 Å². The summed E-state index contributed by atoms with van der Waals surface area (Å²) < 4.78 is 5.43. The highest BCUT2D eigenvalue weighted by Gasteiger charge is 2.64. The molecule has 5 rings (SSSR count). The lowest BCUT2D eigenvalue weighted by molar-refractivity contribution is -0.153. The number of carbonyl (C=O) groups excluding carboxylic acids is 3. The van der Waals surface area contributed by atoms with Gasteiger partial charge in [-0.2, -0.15) is 0 Å². The number of phenols is 1. The van der Waals surface area contributed by atoms with Crippen LogP contribution < -0.4 is 15.5 Å². The first-order chi connectivity index (χ1) is 18.3. The number of phenolic OH excluding ortho intramolecular Hbond substituents is 1. The van der Waals surface area contributed by atoms with Crippen LogP contribution in [0.4, 0.5) is 11.4 Å². The number of ether oxygens (including phenoxy) is 1. The predicted octanol–water partition coefficient (Wildman–Crippen LogP) is 0.503. The lowest BCUT2D eigenvalue weighted by atomic mass is 9.57. The molecule has 4 atom stereocenters. The van der Waals surface area contributed by atoms with E-state index in [1.807, 2.05) is 30.0 Å². The highest BCUT2D eigenvalue weighted by molar-refractivity contribution is 6.24. The number of benzene rings is 1. The quantitative estimate of drug-likeness (QED) is 0.325. The third kappa shape index (κ3) is 3.96. The summed E-state index contributed by atoms with van der Waals surface area (Å²) in [6.07, 6.45) is 0.281. The monoisotopic (exact) mass is 558 g/mol. The Labute approximate surface area is 232 Å². The lowest BCUT2D eigenvalue weighted by Gasteiger charge is -2.50. The van der Waals surface area contributed by atoms with Gasteiger partial charge in [0.15, 0.2) is 11.4 Å². The van der Waals surface area contributed by atoms with Gasteiger partial charge in [0.2, 0.25) is 5.78 Å². The van der Waals surface area contributed by atoms with Gasteiger partial charge in [-0.3, -0.25) is 19.3 Å². The van der Waals surface area contributed by atoms with Crippen LogP contribution in [0.2, 0.25) is 0 Å². The first-order valence-corrected chi connectivity index (χ1v) is 12.9. The molecule has 1 aromatic carbocycles. The molecule has 218 valence electrons. The standard InChI is InChI=1S/C27H34N4O8.CH4/c1-29(2)15-11-16(31-5-7-39-8-6-31)21(32)18-13(15)9-12-10-14-20(30(3)4)23(34)19(26(28)37)25(36)27(14,38)24(35)17(12)22(18)33;/h11-12,14,20,32-33,36,38H,5-10H2,1-4H3,(H2,28,37);1H4/t12-,14-,20-,27-;/m0./s1. The van der Waals surface area contributed by atoms with Crippen LogP contribution in [0.5, 0.6) is 5.75 Å². The van der Waals surface area contributed by atoms with Gasteiger partial charge in [0.1, 0.15) is 22.8 Å². The van der Waals surface area contributed by atoms with Gasteiger partial charge in [-0.1, -0.05) is 7.43 Å². The van der Waals surface area contributed by atoms with Crippen LogP contribution in [0, 0.1) is 11.8 Å². The zero-order chi connectivity index (χ0) is 28.5. The molecule has 4 aliphatic rings. The molecule has 1 heterocycles. The number of aliphatic hydroxyl groups excluding tert-OH is 2. The largest absolute Gasteiger partial charge is 0.508 e. The first-order valence-electron chi connectivity index (χ1n) is 12.9. The summed E-state index contributed by atoms with van der Waals surface area (Å²) in [6, 6.07) is 0.729. The van der Waals surface area contributed by atoms with Crippen molar-refractivity contribution in [2.75, 3.05) is 64.3 Å². The minimum absolute atomic E-state index is 0. The number of primary amides is 1. The van der Waals surface area contributed by atoms with Gasteiger partial charge in [0.25, 0.3) is 5.91 Å². The van der Waals surface area contributed by atoms with Crippen LogP contribution in [0.3, 0.4) is 0 Å². The minimum atomic E-state index is -2.66. The molecular weight excluding hydrogens is 520 g/mol. The van der Waals surface area contributed by atoms with Crippen molar-refractivity contribution in [3.63, 3.8) is 0 Å². The molecule has 0 radical (unpaired) electrons. The van der Waals surface area contributed by atoms with Crippen molar-refractivity contribution in [2.45, 2.75) is 31.9 Å². The van der Waals surface area contributed by atoms with E-state index in [4.69, 9.17) is 10.5 Å². The molecule has 12 heteroatoms. The number of Topliss-reactive ketones (excluding diaryl/α,β-unsaturated/α-hetero) is 2. The maximum atomic E-state index is 14.0. The molecule has 1 amide bonds. The molecule has 1 saturated heterocycles. The zero-order valence-electron chi connectivity index (χ0n) is 22.4. The Kier molecular flexibility index (Phi) is 7.41. The topological polar surface area (TPSA) is 177 Å². The Bertz CT molecular complexity index is 1340. The highest BCUT2D eigenvalue weighted by Crippen LogP contribution is 2.55. The normalized spacial score (nSPS) is 28.1. The number of hydrogen-bond acceptors (Lipinski definition) is 11. The number of aliphatic hydroxyl groups is 3. The number of nitrogens with two attached hydrogens (primary N) is 1. The minimum Gasteiger partial charge on any atom is -0.508 e. The second kappa shape index (κ2) is 10.1. The molecule has 40 heavy (non-hydrogen) atoms. The van der Waals surface area contributed by atoms with E-state index < -0.39 is 58.0 Å². The average Bonchev–Trinajstić information content (AvgIpc) is 2.86. The van der Waals surface area contributed by atoms with E-state index in [-0.39, 0.29) is 37.2 Å². The van der Waals surface area contributed by atoms with Crippen molar-refractivity contribution in [3.05, 3.63) is 34.1 Å². The average molecular weight is 559 g/mol. The summed E-state index contributed by atoms with van der Waals surface area (Å²) in [5.41, 5.74) is 3.65. The fourth-order valence-corrected chi connectivity index (χ4v) is 6.72. The number of nitrogens with zero attached hydrogens (tertiary/aromatic N) is 3. The van der Waals surface area contributed by atoms with E-state index in [1.165, 1.54) is 4.90 Å². The van der Waals surface area contributed by atoms with Gasteiger partial charge in [-0.15, -0.1) is 0 Å². The molecule has 0 spiro atoms. The van der Waals surface area contributed by atoms with E-state index in [0.29, 0.717) is 37.6 Å². The molecule has 1 saturated carbocycles. The molecule has 2 fully saturated rings. The Balaban J connectivity index is 0.00000370. The third-order valence-electron chi connectivity index (χ3n) is 8.51. The maximum Gasteiger partial charge on any atom is 0.255 e. The number of carbonyl (C=O) groups is 3. The van der Waals surface area contributed by atoms with Crippen LogP contribution in [-0.4, -0.2) is 109 Å². The van der Waals surface area contributed by atoms with Crippen LogP contribution in [0.1, 0.15) is 25.0 Å². The number of rotatable bonds is 4. The fourth-order valence-electron chi connectivity index (χ4n) is 6.72. The summed E-state index contributed by atoms with van der Waals surface area (Å²) in [5, 5.41) is 45.8. The van der Waals surface area contributed by atoms with Crippen molar-refractivity contribution < 1.29 is 39.5 Å². The Morgan fingerprint density at radius 3 is 2.30 bits per heavy atom. The fraction of sp³-hybridized carbons (Fsp3) is 0.536. The van der Waals surface area contributed by atoms with Crippen molar-refractivity contribution in [1.82, 2.24) is 4.90 Å². The second-order valence-corrected chi connectivity index (χ2v) is 11.1. The summed E-state index contributed by atoms with van der Waals surface area (Å²) >= 11 is 0. The summed E-state index contributed by atoms with van der Waals surface area (Å²) in [6.45, 7) is 1.98. The van der Waals surface area contributed by atoms with Crippen molar-refractivity contribution in [1.29, 1.82) is 0 Å². The van der Waals surface area contributed by atoms with E-state index >= 15 is 0 Å². The SMILES string of the molecule is C.CN(C)c1cc(N2CCOCC2)c(O)c2c1C[C@H]1C[C@H]3[C@H](N(C)C)C(=O)C(C(N)=O)=C(O)[C@@]3(O)C(=O)C1=C2O. The summed E-state index contributed by atoms with van der Waals surface area (Å²) in [5.74, 6) is -6.60. The zero-order valence-corrected chi connectivity index (χ0v) is 22.4. The first kappa shape index (κ1) is 29.4. The Morgan fingerprint density at radius 1 is 1.12 bits per heavy atom. The van der Waals surface area contributed by atoms with Gasteiger partial charge in [0.05, 0.1) is 30.5 Å². The van der Waals surface area contributed by atoms with E-state index in [9.17, 15) is 34.8 Å². The molecule has 1 aromatic rings. The molecule has 0 unspecified atom stereocenters. The van der Waals surface area contributed by atoms with Gasteiger partial charge < -0.3 is 40.7 Å². The molecule has 1 aliphatic heterocycles. The third-order valence-corrected chi connectivity index (χ3v) is 8.51. The van der Waals surface area contributed by atoms with Gasteiger partial charge >= 0.3 is 0 Å². The van der Waals surface area contributed by atoms with Gasteiger partial charge in [-0.05, 0) is 44.5 Å². The molecule has 3 aliphatic carbocycles. The molecule has 12 nitrogen and oxygen atoms in total. The smallest absolute Gasteiger partial charge is 0.255 e. The van der Waals surface area contributed by atoms with E-state index in [0.717, 1.165) is 5.69 Å². The van der Waals surface area contributed by atoms with Crippen molar-refractivity contribution >= 4 is 34.6 Å². The Morgan fingerprint density at radius 2 is 1.75 bits per heavy atom. The van der Waals surface area contributed by atoms with Crippen molar-refractivity contribution in [2.24, 2.45) is 17.6 Å². The number of ketones is 2. The number of anilines is 2. The summed E-state index contributed by atoms with van der Waals surface area (Å²) in [7, 11) is 6.82. The highest BCUT2D eigenvalue weighted by atomic mass is 16.5. The number of morpholine rings is 1. The predicted molar refractivity (Wildman–Crippen MR) is 148 cm³/mol. The van der Waals surface area contributed by atoms with Gasteiger partial charge in [-0.25, -0.2) is 0 Å². The van der Waals surface area contributed by atoms with E-state index in [1.54, 1.807) is 14.1 Å². The van der Waals surface area contributed by atoms with Crippen LogP contribution in [-0.2, 0) is 25.5 Å².